The number of halogens is 2. The van der Waals surface area contributed by atoms with Crippen LogP contribution in [0.3, 0.4) is 0 Å². The van der Waals surface area contributed by atoms with E-state index in [4.69, 9.17) is 0 Å². The molecule has 0 amide bonds. The molecule has 3 heteroatoms. The maximum absolute atomic E-state index is 3.72. The van der Waals surface area contributed by atoms with E-state index in [0.29, 0.717) is 6.04 Å². The Hall–Kier alpha value is 0.140. The van der Waals surface area contributed by atoms with E-state index < -0.39 is 0 Å². The highest BCUT2D eigenvalue weighted by atomic mass is 79.9. The molecule has 1 aliphatic carbocycles. The molecule has 1 aromatic rings. The van der Waals surface area contributed by atoms with Gasteiger partial charge in [0.15, 0.2) is 0 Å². The average Bonchev–Trinajstić information content (AvgIpc) is 2.89. The SMILES string of the molecule is CNC(CCC1CCCC1)c1cc(Br)c(C)cc1Br. The van der Waals surface area contributed by atoms with Crippen molar-refractivity contribution in [3.05, 3.63) is 32.2 Å². The first-order valence-electron chi connectivity index (χ1n) is 7.24. The minimum absolute atomic E-state index is 0.451. The maximum Gasteiger partial charge on any atom is 0.0329 e. The van der Waals surface area contributed by atoms with Gasteiger partial charge in [-0.25, -0.2) is 0 Å². The second-order valence-corrected chi connectivity index (χ2v) is 7.40. The van der Waals surface area contributed by atoms with Crippen molar-refractivity contribution in [3.63, 3.8) is 0 Å². The highest BCUT2D eigenvalue weighted by Crippen LogP contribution is 2.35. The quantitative estimate of drug-likeness (QED) is 0.676. The molecule has 0 radical (unpaired) electrons. The third kappa shape index (κ3) is 4.05. The minimum Gasteiger partial charge on any atom is -0.313 e. The van der Waals surface area contributed by atoms with Gasteiger partial charge in [-0.05, 0) is 56.0 Å². The molecule has 0 saturated heterocycles. The number of hydrogen-bond donors (Lipinski definition) is 1. The summed E-state index contributed by atoms with van der Waals surface area (Å²) in [5.41, 5.74) is 2.65. The molecule has 106 valence electrons. The van der Waals surface area contributed by atoms with Crippen LogP contribution in [0.25, 0.3) is 0 Å². The Morgan fingerprint density at radius 3 is 2.53 bits per heavy atom. The summed E-state index contributed by atoms with van der Waals surface area (Å²) in [6, 6.07) is 4.92. The lowest BCUT2D eigenvalue weighted by Crippen LogP contribution is -2.18. The van der Waals surface area contributed by atoms with Crippen molar-refractivity contribution >= 4 is 31.9 Å². The van der Waals surface area contributed by atoms with E-state index in [1.165, 1.54) is 58.6 Å². The molecule has 0 heterocycles. The molecule has 1 aliphatic rings. The van der Waals surface area contributed by atoms with Crippen LogP contribution in [0.2, 0.25) is 0 Å². The third-order valence-corrected chi connectivity index (χ3v) is 5.88. The smallest absolute Gasteiger partial charge is 0.0329 e. The predicted octanol–water partition coefficient (Wildman–Crippen LogP) is 5.75. The van der Waals surface area contributed by atoms with Crippen molar-refractivity contribution in [2.45, 2.75) is 51.5 Å². The summed E-state index contributed by atoms with van der Waals surface area (Å²) in [5.74, 6) is 0.962. The summed E-state index contributed by atoms with van der Waals surface area (Å²) in [6.45, 7) is 2.13. The van der Waals surface area contributed by atoms with Crippen molar-refractivity contribution in [2.75, 3.05) is 7.05 Å². The maximum atomic E-state index is 3.72. The second-order valence-electron chi connectivity index (χ2n) is 5.69. The Morgan fingerprint density at radius 1 is 1.21 bits per heavy atom. The molecule has 2 rings (SSSR count). The van der Waals surface area contributed by atoms with Gasteiger partial charge in [-0.1, -0.05) is 57.5 Å². The normalized spacial score (nSPS) is 17.9. The highest BCUT2D eigenvalue weighted by molar-refractivity contribution is 9.11. The van der Waals surface area contributed by atoms with Crippen molar-refractivity contribution in [1.82, 2.24) is 5.32 Å². The van der Waals surface area contributed by atoms with Crippen LogP contribution >= 0.6 is 31.9 Å². The standard InChI is InChI=1S/C16H23Br2N/c1-11-9-15(18)13(10-14(11)17)16(19-2)8-7-12-5-3-4-6-12/h9-10,12,16,19H,3-8H2,1-2H3. The molecule has 1 nitrogen and oxygen atoms in total. The van der Waals surface area contributed by atoms with Gasteiger partial charge in [0.25, 0.3) is 0 Å². The number of aryl methyl sites for hydroxylation is 1. The molecular weight excluding hydrogens is 366 g/mol. The molecule has 1 atom stereocenters. The first-order valence-corrected chi connectivity index (χ1v) is 8.83. The molecule has 0 aliphatic heterocycles. The molecule has 0 aromatic heterocycles. The van der Waals surface area contributed by atoms with Crippen LogP contribution in [0.15, 0.2) is 21.1 Å². The molecule has 19 heavy (non-hydrogen) atoms. The Bertz CT molecular complexity index is 425. The summed E-state index contributed by atoms with van der Waals surface area (Å²) in [7, 11) is 2.07. The fourth-order valence-corrected chi connectivity index (χ4v) is 4.18. The molecule has 1 fully saturated rings. The van der Waals surface area contributed by atoms with Crippen molar-refractivity contribution < 1.29 is 0 Å². The monoisotopic (exact) mass is 387 g/mol. The zero-order chi connectivity index (χ0) is 13.8. The fourth-order valence-electron chi connectivity index (χ4n) is 3.09. The van der Waals surface area contributed by atoms with E-state index in [-0.39, 0.29) is 0 Å². The van der Waals surface area contributed by atoms with Crippen LogP contribution in [0.1, 0.15) is 55.7 Å². The zero-order valence-electron chi connectivity index (χ0n) is 11.8. The van der Waals surface area contributed by atoms with Crippen LogP contribution in [-0.2, 0) is 0 Å². The molecule has 1 saturated carbocycles. The van der Waals surface area contributed by atoms with Gasteiger partial charge in [0.2, 0.25) is 0 Å². The molecular formula is C16H23Br2N. The number of rotatable bonds is 5. The Labute approximate surface area is 133 Å². The van der Waals surface area contributed by atoms with Crippen LogP contribution in [0.5, 0.6) is 0 Å². The van der Waals surface area contributed by atoms with E-state index in [1.807, 2.05) is 0 Å². The van der Waals surface area contributed by atoms with Gasteiger partial charge in [-0.2, -0.15) is 0 Å². The first kappa shape index (κ1) is 15.5. The van der Waals surface area contributed by atoms with Crippen molar-refractivity contribution in [2.24, 2.45) is 5.92 Å². The van der Waals surface area contributed by atoms with Gasteiger partial charge in [-0.15, -0.1) is 0 Å². The topological polar surface area (TPSA) is 12.0 Å². The molecule has 1 N–H and O–H groups in total. The fraction of sp³-hybridized carbons (Fsp3) is 0.625. The van der Waals surface area contributed by atoms with Gasteiger partial charge >= 0.3 is 0 Å². The van der Waals surface area contributed by atoms with Gasteiger partial charge in [0.1, 0.15) is 0 Å². The van der Waals surface area contributed by atoms with Crippen LogP contribution in [-0.4, -0.2) is 7.05 Å². The van der Waals surface area contributed by atoms with Gasteiger partial charge < -0.3 is 5.32 Å². The predicted molar refractivity (Wildman–Crippen MR) is 89.6 cm³/mol. The van der Waals surface area contributed by atoms with Crippen LogP contribution in [0, 0.1) is 12.8 Å². The van der Waals surface area contributed by atoms with E-state index in [9.17, 15) is 0 Å². The van der Waals surface area contributed by atoms with Crippen molar-refractivity contribution in [1.29, 1.82) is 0 Å². The van der Waals surface area contributed by atoms with E-state index in [2.05, 4.69) is 63.3 Å². The minimum atomic E-state index is 0.451. The molecule has 0 spiro atoms. The second kappa shape index (κ2) is 7.24. The number of hydrogen-bond acceptors (Lipinski definition) is 1. The van der Waals surface area contributed by atoms with E-state index >= 15 is 0 Å². The largest absolute Gasteiger partial charge is 0.313 e. The zero-order valence-corrected chi connectivity index (χ0v) is 15.0. The van der Waals surface area contributed by atoms with Crippen LogP contribution < -0.4 is 5.32 Å². The number of benzene rings is 1. The van der Waals surface area contributed by atoms with E-state index in [0.717, 1.165) is 5.92 Å². The molecule has 1 aromatic carbocycles. The first-order chi connectivity index (χ1) is 9.11. The summed E-state index contributed by atoms with van der Waals surface area (Å²) >= 11 is 7.36. The number of nitrogens with one attached hydrogen (secondary N) is 1. The summed E-state index contributed by atoms with van der Waals surface area (Å²) in [4.78, 5) is 0. The Morgan fingerprint density at radius 2 is 1.89 bits per heavy atom. The van der Waals surface area contributed by atoms with Gasteiger partial charge in [0.05, 0.1) is 0 Å². The average molecular weight is 389 g/mol. The molecule has 1 unspecified atom stereocenters. The van der Waals surface area contributed by atoms with Crippen LogP contribution in [0.4, 0.5) is 0 Å². The van der Waals surface area contributed by atoms with E-state index in [1.54, 1.807) is 0 Å². The summed E-state index contributed by atoms with van der Waals surface area (Å²) < 4.78 is 2.42. The lowest BCUT2D eigenvalue weighted by atomic mass is 9.94. The van der Waals surface area contributed by atoms with Gasteiger partial charge in [-0.3, -0.25) is 0 Å². The van der Waals surface area contributed by atoms with Crippen molar-refractivity contribution in [3.8, 4) is 0 Å². The molecule has 0 bridgehead atoms. The summed E-state index contributed by atoms with van der Waals surface area (Å²) in [6.07, 6.45) is 8.34. The van der Waals surface area contributed by atoms with Gasteiger partial charge in [0, 0.05) is 15.0 Å². The highest BCUT2D eigenvalue weighted by Gasteiger charge is 2.19. The Balaban J connectivity index is 2.05. The Kier molecular flexibility index (Phi) is 5.91. The lowest BCUT2D eigenvalue weighted by molar-refractivity contribution is 0.426. The lowest BCUT2D eigenvalue weighted by Gasteiger charge is -2.21. The summed E-state index contributed by atoms with van der Waals surface area (Å²) in [5, 5.41) is 3.48. The third-order valence-electron chi connectivity index (χ3n) is 4.34.